The number of nitrogens with zero attached hydrogens (tertiary/aromatic N) is 1. The van der Waals surface area contributed by atoms with Crippen molar-refractivity contribution in [1.82, 2.24) is 4.90 Å². The standard InChI is InChI=1S/C16H20F3NO2/c1-2-13(12-6-4-3-5-7-12)14(21)20-10-8-15(22,9-11-20)16(17,18)19/h3-7,13,22H,2,8-11H2,1H3. The minimum absolute atomic E-state index is 0.0713. The molecule has 6 heteroatoms. The first-order valence-corrected chi connectivity index (χ1v) is 7.41. The molecule has 1 unspecified atom stereocenters. The number of carbonyl (C=O) groups excluding carboxylic acids is 1. The van der Waals surface area contributed by atoms with E-state index in [2.05, 4.69) is 0 Å². The summed E-state index contributed by atoms with van der Waals surface area (Å²) in [6.07, 6.45) is -4.99. The lowest BCUT2D eigenvalue weighted by Crippen LogP contribution is -2.54. The molecule has 0 bridgehead atoms. The van der Waals surface area contributed by atoms with Crippen molar-refractivity contribution in [2.24, 2.45) is 0 Å². The molecule has 1 heterocycles. The van der Waals surface area contributed by atoms with Gasteiger partial charge in [0.05, 0.1) is 5.92 Å². The molecule has 1 N–H and O–H groups in total. The molecule has 3 nitrogen and oxygen atoms in total. The van der Waals surface area contributed by atoms with Crippen LogP contribution in [0.1, 0.15) is 37.7 Å². The predicted octanol–water partition coefficient (Wildman–Crippen LogP) is 3.10. The average molecular weight is 315 g/mol. The van der Waals surface area contributed by atoms with Crippen molar-refractivity contribution in [3.63, 3.8) is 0 Å². The molecular formula is C16H20F3NO2. The monoisotopic (exact) mass is 315 g/mol. The van der Waals surface area contributed by atoms with Crippen LogP contribution in [0.5, 0.6) is 0 Å². The topological polar surface area (TPSA) is 40.5 Å². The summed E-state index contributed by atoms with van der Waals surface area (Å²) in [5.41, 5.74) is -1.80. The normalized spacial score (nSPS) is 19.8. The number of rotatable bonds is 3. The van der Waals surface area contributed by atoms with E-state index in [0.29, 0.717) is 6.42 Å². The third-order valence-corrected chi connectivity index (χ3v) is 4.34. The number of amides is 1. The van der Waals surface area contributed by atoms with Crippen LogP contribution in [-0.4, -0.2) is 40.8 Å². The van der Waals surface area contributed by atoms with Gasteiger partial charge in [-0.2, -0.15) is 13.2 Å². The van der Waals surface area contributed by atoms with Crippen LogP contribution in [0.2, 0.25) is 0 Å². The molecule has 0 aromatic heterocycles. The Kier molecular flexibility index (Phi) is 4.80. The fourth-order valence-corrected chi connectivity index (χ4v) is 2.84. The van der Waals surface area contributed by atoms with Crippen LogP contribution in [0.15, 0.2) is 30.3 Å². The maximum atomic E-state index is 12.8. The van der Waals surface area contributed by atoms with E-state index < -0.39 is 24.6 Å². The quantitative estimate of drug-likeness (QED) is 0.931. The molecular weight excluding hydrogens is 295 g/mol. The second kappa shape index (κ2) is 6.28. The van der Waals surface area contributed by atoms with Gasteiger partial charge >= 0.3 is 6.18 Å². The average Bonchev–Trinajstić information content (AvgIpc) is 2.48. The Bertz CT molecular complexity index is 508. The molecule has 2 rings (SSSR count). The van der Waals surface area contributed by atoms with E-state index in [9.17, 15) is 23.1 Å². The van der Waals surface area contributed by atoms with Gasteiger partial charge in [-0.05, 0) is 12.0 Å². The fourth-order valence-electron chi connectivity index (χ4n) is 2.84. The Morgan fingerprint density at radius 2 is 1.82 bits per heavy atom. The van der Waals surface area contributed by atoms with Gasteiger partial charge in [0, 0.05) is 25.9 Å². The van der Waals surface area contributed by atoms with Crippen LogP contribution in [0.25, 0.3) is 0 Å². The zero-order chi connectivity index (χ0) is 16.4. The molecule has 1 fully saturated rings. The summed E-state index contributed by atoms with van der Waals surface area (Å²) in [5.74, 6) is -0.517. The second-order valence-electron chi connectivity index (χ2n) is 5.73. The van der Waals surface area contributed by atoms with E-state index in [4.69, 9.17) is 0 Å². The van der Waals surface area contributed by atoms with Gasteiger partial charge in [-0.1, -0.05) is 37.3 Å². The minimum atomic E-state index is -4.65. The van der Waals surface area contributed by atoms with Crippen molar-refractivity contribution in [2.45, 2.75) is 43.9 Å². The van der Waals surface area contributed by atoms with Gasteiger partial charge in [-0.3, -0.25) is 4.79 Å². The maximum Gasteiger partial charge on any atom is 0.417 e. The number of likely N-dealkylation sites (tertiary alicyclic amines) is 1. The first kappa shape index (κ1) is 16.8. The van der Waals surface area contributed by atoms with Crippen molar-refractivity contribution in [1.29, 1.82) is 0 Å². The Labute approximate surface area is 127 Å². The summed E-state index contributed by atoms with van der Waals surface area (Å²) in [6.45, 7) is 1.74. The molecule has 0 radical (unpaired) electrons. The van der Waals surface area contributed by atoms with Gasteiger partial charge in [-0.15, -0.1) is 0 Å². The smallest absolute Gasteiger partial charge is 0.380 e. The molecule has 1 aromatic carbocycles. The lowest BCUT2D eigenvalue weighted by atomic mass is 9.88. The minimum Gasteiger partial charge on any atom is -0.380 e. The van der Waals surface area contributed by atoms with Crippen LogP contribution in [0, 0.1) is 0 Å². The lowest BCUT2D eigenvalue weighted by Gasteiger charge is -2.40. The Morgan fingerprint density at radius 3 is 2.27 bits per heavy atom. The highest BCUT2D eigenvalue weighted by atomic mass is 19.4. The number of benzene rings is 1. The highest BCUT2D eigenvalue weighted by Gasteiger charge is 2.55. The molecule has 1 aromatic rings. The van der Waals surface area contributed by atoms with Gasteiger partial charge in [0.2, 0.25) is 5.91 Å². The van der Waals surface area contributed by atoms with Crippen LogP contribution in [0.4, 0.5) is 13.2 Å². The summed E-state index contributed by atoms with van der Waals surface area (Å²) in [7, 11) is 0. The van der Waals surface area contributed by atoms with Crippen LogP contribution in [0.3, 0.4) is 0 Å². The highest BCUT2D eigenvalue weighted by Crippen LogP contribution is 2.39. The number of carbonyl (C=O) groups is 1. The van der Waals surface area contributed by atoms with Crippen molar-refractivity contribution in [3.05, 3.63) is 35.9 Å². The number of alkyl halides is 3. The Hall–Kier alpha value is -1.56. The summed E-state index contributed by atoms with van der Waals surface area (Å²) < 4.78 is 38.4. The van der Waals surface area contributed by atoms with Crippen LogP contribution < -0.4 is 0 Å². The molecule has 122 valence electrons. The van der Waals surface area contributed by atoms with E-state index >= 15 is 0 Å². The molecule has 1 amide bonds. The molecule has 1 saturated heterocycles. The van der Waals surface area contributed by atoms with Crippen LogP contribution >= 0.6 is 0 Å². The second-order valence-corrected chi connectivity index (χ2v) is 5.73. The van der Waals surface area contributed by atoms with Crippen molar-refractivity contribution >= 4 is 5.91 Å². The number of piperidine rings is 1. The summed E-state index contributed by atoms with van der Waals surface area (Å²) in [4.78, 5) is 14.0. The van der Waals surface area contributed by atoms with E-state index in [1.807, 2.05) is 37.3 Å². The number of hydrogen-bond donors (Lipinski definition) is 1. The maximum absolute atomic E-state index is 12.8. The third kappa shape index (κ3) is 3.27. The Balaban J connectivity index is 2.06. The molecule has 22 heavy (non-hydrogen) atoms. The number of halogens is 3. The highest BCUT2D eigenvalue weighted by molar-refractivity contribution is 5.83. The lowest BCUT2D eigenvalue weighted by molar-refractivity contribution is -0.272. The molecule has 0 saturated carbocycles. The van der Waals surface area contributed by atoms with Gasteiger partial charge in [0.25, 0.3) is 0 Å². The first-order valence-electron chi connectivity index (χ1n) is 7.41. The van der Waals surface area contributed by atoms with Gasteiger partial charge < -0.3 is 10.0 Å². The van der Waals surface area contributed by atoms with E-state index in [1.54, 1.807) is 0 Å². The summed E-state index contributed by atoms with van der Waals surface area (Å²) >= 11 is 0. The van der Waals surface area contributed by atoms with Crippen molar-refractivity contribution < 1.29 is 23.1 Å². The van der Waals surface area contributed by atoms with Gasteiger partial charge in [-0.25, -0.2) is 0 Å². The SMILES string of the molecule is CCC(C(=O)N1CCC(O)(C(F)(F)F)CC1)c1ccccc1. The summed E-state index contributed by atoms with van der Waals surface area (Å²) in [6, 6.07) is 9.23. The largest absolute Gasteiger partial charge is 0.417 e. The third-order valence-electron chi connectivity index (χ3n) is 4.34. The molecule has 0 aliphatic carbocycles. The van der Waals surface area contributed by atoms with E-state index in [0.717, 1.165) is 5.56 Å². The first-order chi connectivity index (χ1) is 10.3. The van der Waals surface area contributed by atoms with Gasteiger partial charge in [0.1, 0.15) is 0 Å². The number of hydrogen-bond acceptors (Lipinski definition) is 2. The van der Waals surface area contributed by atoms with E-state index in [1.165, 1.54) is 4.90 Å². The van der Waals surface area contributed by atoms with Crippen molar-refractivity contribution in [3.8, 4) is 0 Å². The molecule has 0 spiro atoms. The van der Waals surface area contributed by atoms with Gasteiger partial charge in [0.15, 0.2) is 5.60 Å². The fraction of sp³-hybridized carbons (Fsp3) is 0.562. The Morgan fingerprint density at radius 1 is 1.27 bits per heavy atom. The zero-order valence-corrected chi connectivity index (χ0v) is 12.4. The van der Waals surface area contributed by atoms with E-state index in [-0.39, 0.29) is 24.9 Å². The predicted molar refractivity (Wildman–Crippen MR) is 76.3 cm³/mol. The summed E-state index contributed by atoms with van der Waals surface area (Å²) in [5, 5.41) is 9.66. The van der Waals surface area contributed by atoms with Crippen LogP contribution in [-0.2, 0) is 4.79 Å². The molecule has 1 aliphatic rings. The number of aliphatic hydroxyl groups is 1. The molecule has 1 atom stereocenters. The zero-order valence-electron chi connectivity index (χ0n) is 12.4. The van der Waals surface area contributed by atoms with Crippen molar-refractivity contribution in [2.75, 3.05) is 13.1 Å². The molecule has 1 aliphatic heterocycles.